The first-order valence-electron chi connectivity index (χ1n) is 15.6. The topological polar surface area (TPSA) is 94.5 Å². The standard InChI is InChI=1S/C38H34ClN5O3/c1-23-16-25-6-4-5-7-27(25)22-43(23)38(47)33-13-8-30(39)19-34(33)35-18-29(21-42(35)3)37(46)44(31-9-11-32(45)12-10-31)24(2)28-17-26-14-15-40-36(26)41-20-28/h4-15,17-21,23-24,45H,16,22H2,1-3H3,(H,40,41)/t23-,24?/m1/s1. The molecular formula is C38H34ClN5O3. The average Bonchev–Trinajstić information content (AvgIpc) is 3.71. The Morgan fingerprint density at radius 1 is 1.02 bits per heavy atom. The highest BCUT2D eigenvalue weighted by Gasteiger charge is 2.31. The first-order valence-corrected chi connectivity index (χ1v) is 16.0. The van der Waals surface area contributed by atoms with E-state index in [9.17, 15) is 14.7 Å². The van der Waals surface area contributed by atoms with Gasteiger partial charge in [-0.1, -0.05) is 35.9 Å². The second kappa shape index (κ2) is 12.1. The number of hydrogen-bond donors (Lipinski definition) is 2. The van der Waals surface area contributed by atoms with Crippen LogP contribution in [0.2, 0.25) is 5.02 Å². The van der Waals surface area contributed by atoms with Gasteiger partial charge in [0.05, 0.1) is 11.6 Å². The zero-order valence-corrected chi connectivity index (χ0v) is 27.1. The summed E-state index contributed by atoms with van der Waals surface area (Å²) < 4.78 is 1.86. The zero-order valence-electron chi connectivity index (χ0n) is 26.3. The maximum absolute atomic E-state index is 14.5. The fourth-order valence-electron chi connectivity index (χ4n) is 6.57. The number of aromatic hydroxyl groups is 1. The summed E-state index contributed by atoms with van der Waals surface area (Å²) in [6.07, 6.45) is 6.16. The molecular weight excluding hydrogens is 610 g/mol. The molecule has 7 rings (SSSR count). The molecule has 8 nitrogen and oxygen atoms in total. The number of H-pyrrole nitrogens is 1. The third-order valence-corrected chi connectivity index (χ3v) is 9.38. The first-order chi connectivity index (χ1) is 22.7. The van der Waals surface area contributed by atoms with Crippen molar-refractivity contribution in [2.75, 3.05) is 4.90 Å². The van der Waals surface area contributed by atoms with Crippen molar-refractivity contribution < 1.29 is 14.7 Å². The van der Waals surface area contributed by atoms with Crippen LogP contribution in [0.4, 0.5) is 5.69 Å². The predicted octanol–water partition coefficient (Wildman–Crippen LogP) is 7.92. The normalized spacial score (nSPS) is 15.0. The molecule has 0 saturated heterocycles. The van der Waals surface area contributed by atoms with E-state index in [-0.39, 0.29) is 23.6 Å². The number of benzene rings is 3. The van der Waals surface area contributed by atoms with Gasteiger partial charge in [0, 0.05) is 71.1 Å². The van der Waals surface area contributed by atoms with E-state index in [1.807, 2.05) is 60.0 Å². The third-order valence-electron chi connectivity index (χ3n) is 9.14. The molecule has 0 saturated carbocycles. The van der Waals surface area contributed by atoms with E-state index in [2.05, 4.69) is 29.0 Å². The number of aromatic nitrogens is 3. The van der Waals surface area contributed by atoms with E-state index >= 15 is 0 Å². The molecule has 1 aliphatic heterocycles. The fourth-order valence-corrected chi connectivity index (χ4v) is 6.75. The lowest BCUT2D eigenvalue weighted by atomic mass is 9.93. The summed E-state index contributed by atoms with van der Waals surface area (Å²) in [6, 6.07) is 25.5. The summed E-state index contributed by atoms with van der Waals surface area (Å²) >= 11 is 6.52. The minimum Gasteiger partial charge on any atom is -0.508 e. The van der Waals surface area contributed by atoms with Gasteiger partial charge in [-0.05, 0) is 97.6 Å². The summed E-state index contributed by atoms with van der Waals surface area (Å²) in [7, 11) is 1.86. The van der Waals surface area contributed by atoms with Gasteiger partial charge in [0.25, 0.3) is 11.8 Å². The van der Waals surface area contributed by atoms with Crippen LogP contribution in [-0.2, 0) is 20.0 Å². The van der Waals surface area contributed by atoms with Crippen molar-refractivity contribution in [1.29, 1.82) is 0 Å². The van der Waals surface area contributed by atoms with E-state index < -0.39 is 6.04 Å². The van der Waals surface area contributed by atoms with Crippen LogP contribution in [0.5, 0.6) is 5.75 Å². The van der Waals surface area contributed by atoms with Gasteiger partial charge in [-0.2, -0.15) is 0 Å². The summed E-state index contributed by atoms with van der Waals surface area (Å²) in [5, 5.41) is 11.4. The lowest BCUT2D eigenvalue weighted by Crippen LogP contribution is -2.42. The Balaban J connectivity index is 1.26. The number of phenols is 1. The maximum atomic E-state index is 14.5. The number of pyridine rings is 1. The van der Waals surface area contributed by atoms with E-state index in [4.69, 9.17) is 11.6 Å². The molecule has 0 fully saturated rings. The third kappa shape index (κ3) is 5.66. The molecule has 2 N–H and O–H groups in total. The van der Waals surface area contributed by atoms with Crippen molar-refractivity contribution in [3.05, 3.63) is 136 Å². The van der Waals surface area contributed by atoms with Crippen LogP contribution in [0, 0.1) is 0 Å². The molecule has 0 spiro atoms. The summed E-state index contributed by atoms with van der Waals surface area (Å²) in [4.78, 5) is 39.9. The lowest BCUT2D eigenvalue weighted by molar-refractivity contribution is 0.0659. The maximum Gasteiger partial charge on any atom is 0.260 e. The number of carbonyl (C=O) groups is 2. The van der Waals surface area contributed by atoms with Gasteiger partial charge >= 0.3 is 0 Å². The van der Waals surface area contributed by atoms with Crippen LogP contribution in [-0.4, -0.2) is 42.4 Å². The molecule has 0 radical (unpaired) electrons. The number of aryl methyl sites for hydroxylation is 1. The minimum atomic E-state index is -0.394. The Kier molecular flexibility index (Phi) is 7.82. The number of aromatic amines is 1. The van der Waals surface area contributed by atoms with Crippen molar-refractivity contribution in [2.45, 2.75) is 38.9 Å². The average molecular weight is 644 g/mol. The number of halogens is 1. The van der Waals surface area contributed by atoms with Gasteiger partial charge in [-0.15, -0.1) is 0 Å². The largest absolute Gasteiger partial charge is 0.508 e. The van der Waals surface area contributed by atoms with Crippen LogP contribution < -0.4 is 4.90 Å². The molecule has 3 aromatic heterocycles. The summed E-state index contributed by atoms with van der Waals surface area (Å²) in [5.41, 5.74) is 6.98. The molecule has 1 unspecified atom stereocenters. The molecule has 236 valence electrons. The molecule has 2 atom stereocenters. The molecule has 1 aliphatic rings. The van der Waals surface area contributed by atoms with Crippen molar-refractivity contribution >= 4 is 40.1 Å². The van der Waals surface area contributed by atoms with E-state index in [0.29, 0.717) is 39.6 Å². The molecule has 0 aliphatic carbocycles. The number of phenolic OH excluding ortho intramolecular Hbond substituents is 1. The number of nitrogens with zero attached hydrogens (tertiary/aromatic N) is 4. The second-order valence-corrected chi connectivity index (χ2v) is 12.7. The monoisotopic (exact) mass is 643 g/mol. The number of fused-ring (bicyclic) bond motifs is 2. The van der Waals surface area contributed by atoms with Crippen LogP contribution in [0.3, 0.4) is 0 Å². The molecule has 4 heterocycles. The highest BCUT2D eigenvalue weighted by atomic mass is 35.5. The Hall–Kier alpha value is -5.34. The number of hydrogen-bond acceptors (Lipinski definition) is 4. The van der Waals surface area contributed by atoms with Crippen molar-refractivity contribution in [3.8, 4) is 17.0 Å². The fraction of sp³-hybridized carbons (Fsp3) is 0.184. The van der Waals surface area contributed by atoms with Gasteiger partial charge in [0.1, 0.15) is 11.4 Å². The smallest absolute Gasteiger partial charge is 0.260 e. The van der Waals surface area contributed by atoms with Crippen LogP contribution in [0.1, 0.15) is 57.3 Å². The summed E-state index contributed by atoms with van der Waals surface area (Å²) in [6.45, 7) is 4.55. The highest BCUT2D eigenvalue weighted by Crippen LogP contribution is 2.35. The number of rotatable bonds is 6. The molecule has 0 bridgehead atoms. The van der Waals surface area contributed by atoms with Gasteiger partial charge in [0.2, 0.25) is 0 Å². The van der Waals surface area contributed by atoms with Gasteiger partial charge in [-0.25, -0.2) is 4.98 Å². The quantitative estimate of drug-likeness (QED) is 0.193. The van der Waals surface area contributed by atoms with E-state index in [0.717, 1.165) is 28.6 Å². The van der Waals surface area contributed by atoms with Crippen molar-refractivity contribution in [2.24, 2.45) is 7.05 Å². The van der Waals surface area contributed by atoms with Crippen LogP contribution in [0.15, 0.2) is 104 Å². The Morgan fingerprint density at radius 3 is 2.57 bits per heavy atom. The SMILES string of the molecule is CC(c1cnc2[nH]ccc2c1)N(C(=O)c1cc(-c2cc(Cl)ccc2C(=O)N2Cc3ccccc3C[C@H]2C)n(C)c1)c1ccc(O)cc1. The van der Waals surface area contributed by atoms with Crippen LogP contribution in [0.25, 0.3) is 22.3 Å². The van der Waals surface area contributed by atoms with Gasteiger partial charge in [-0.3, -0.25) is 9.59 Å². The van der Waals surface area contributed by atoms with Gasteiger partial charge < -0.3 is 24.5 Å². The van der Waals surface area contributed by atoms with Crippen molar-refractivity contribution in [3.63, 3.8) is 0 Å². The lowest BCUT2D eigenvalue weighted by Gasteiger charge is -2.35. The van der Waals surface area contributed by atoms with E-state index in [1.165, 1.54) is 5.56 Å². The first kappa shape index (κ1) is 30.3. The Bertz CT molecular complexity index is 2130. The second-order valence-electron chi connectivity index (χ2n) is 12.2. The number of amides is 2. The van der Waals surface area contributed by atoms with Gasteiger partial charge in [0.15, 0.2) is 0 Å². The molecule has 2 amide bonds. The zero-order chi connectivity index (χ0) is 32.8. The molecule has 47 heavy (non-hydrogen) atoms. The Labute approximate surface area is 277 Å². The predicted molar refractivity (Wildman–Crippen MR) is 185 cm³/mol. The minimum absolute atomic E-state index is 0.0202. The molecule has 3 aromatic carbocycles. The van der Waals surface area contributed by atoms with Crippen molar-refractivity contribution in [1.82, 2.24) is 19.4 Å². The van der Waals surface area contributed by atoms with E-state index in [1.54, 1.807) is 59.8 Å². The number of nitrogens with one attached hydrogen (secondary N) is 1. The molecule has 9 heteroatoms. The van der Waals surface area contributed by atoms with Crippen LogP contribution >= 0.6 is 11.6 Å². The summed E-state index contributed by atoms with van der Waals surface area (Å²) in [5.74, 6) is -0.217. The molecule has 6 aromatic rings. The number of anilines is 1. The highest BCUT2D eigenvalue weighted by molar-refractivity contribution is 6.31. The Morgan fingerprint density at radius 2 is 1.79 bits per heavy atom. The number of carbonyl (C=O) groups excluding carboxylic acids is 2.